The number of hydrogen-bond acceptors (Lipinski definition) is 4. The highest BCUT2D eigenvalue weighted by atomic mass is 16.3. The molecule has 2 N–H and O–H groups in total. The molecule has 0 spiro atoms. The van der Waals surface area contributed by atoms with Crippen molar-refractivity contribution in [3.05, 3.63) is 72.3 Å². The standard InChI is InChI=1S/C18H19N3O/c1-13(17-11-19-8-9-20-17)21-12-18(22)16-7-6-14-4-2-3-5-15(14)10-16/h2-11,13,18,21-22H,12H2,1H3. The van der Waals surface area contributed by atoms with Crippen molar-refractivity contribution in [3.8, 4) is 0 Å². The number of benzene rings is 2. The highest BCUT2D eigenvalue weighted by Crippen LogP contribution is 2.20. The van der Waals surface area contributed by atoms with Gasteiger partial charge in [-0.2, -0.15) is 0 Å². The van der Waals surface area contributed by atoms with Crippen LogP contribution in [0.15, 0.2) is 61.1 Å². The Morgan fingerprint density at radius 2 is 1.91 bits per heavy atom. The first-order valence-corrected chi connectivity index (χ1v) is 7.40. The van der Waals surface area contributed by atoms with Crippen molar-refractivity contribution in [2.75, 3.05) is 6.54 Å². The number of hydrogen-bond donors (Lipinski definition) is 2. The van der Waals surface area contributed by atoms with E-state index in [0.29, 0.717) is 6.54 Å². The lowest BCUT2D eigenvalue weighted by atomic mass is 10.0. The molecule has 2 atom stereocenters. The predicted molar refractivity (Wildman–Crippen MR) is 87.4 cm³/mol. The summed E-state index contributed by atoms with van der Waals surface area (Å²) < 4.78 is 0. The second-order valence-electron chi connectivity index (χ2n) is 5.38. The Balaban J connectivity index is 1.67. The van der Waals surface area contributed by atoms with E-state index >= 15 is 0 Å². The quantitative estimate of drug-likeness (QED) is 0.759. The van der Waals surface area contributed by atoms with Gasteiger partial charge in [0.25, 0.3) is 0 Å². The molecule has 0 aliphatic heterocycles. The Morgan fingerprint density at radius 3 is 2.68 bits per heavy atom. The first-order chi connectivity index (χ1) is 10.7. The zero-order valence-electron chi connectivity index (χ0n) is 12.5. The number of aromatic nitrogens is 2. The van der Waals surface area contributed by atoms with Gasteiger partial charge < -0.3 is 10.4 Å². The van der Waals surface area contributed by atoms with Crippen LogP contribution in [-0.2, 0) is 0 Å². The summed E-state index contributed by atoms with van der Waals surface area (Å²) in [7, 11) is 0. The fraction of sp³-hybridized carbons (Fsp3) is 0.222. The van der Waals surface area contributed by atoms with Gasteiger partial charge in [0, 0.05) is 31.2 Å². The smallest absolute Gasteiger partial charge is 0.0914 e. The summed E-state index contributed by atoms with van der Waals surface area (Å²) in [6, 6.07) is 14.2. The van der Waals surface area contributed by atoms with E-state index in [9.17, 15) is 5.11 Å². The maximum Gasteiger partial charge on any atom is 0.0914 e. The molecule has 112 valence electrons. The Hall–Kier alpha value is -2.30. The second kappa shape index (κ2) is 6.64. The van der Waals surface area contributed by atoms with Crippen LogP contribution >= 0.6 is 0 Å². The molecule has 22 heavy (non-hydrogen) atoms. The number of nitrogens with one attached hydrogen (secondary N) is 1. The van der Waals surface area contributed by atoms with Crippen molar-refractivity contribution in [2.45, 2.75) is 19.1 Å². The van der Waals surface area contributed by atoms with Crippen molar-refractivity contribution in [1.29, 1.82) is 0 Å². The fourth-order valence-electron chi connectivity index (χ4n) is 2.46. The van der Waals surface area contributed by atoms with Crippen LogP contribution < -0.4 is 5.32 Å². The largest absolute Gasteiger partial charge is 0.387 e. The summed E-state index contributed by atoms with van der Waals surface area (Å²) >= 11 is 0. The Kier molecular flexibility index (Phi) is 4.42. The monoisotopic (exact) mass is 293 g/mol. The minimum absolute atomic E-state index is 0.0452. The molecule has 4 nitrogen and oxygen atoms in total. The lowest BCUT2D eigenvalue weighted by Crippen LogP contribution is -2.25. The molecule has 0 bridgehead atoms. The van der Waals surface area contributed by atoms with Crippen molar-refractivity contribution in [2.24, 2.45) is 0 Å². The molecule has 0 aliphatic carbocycles. The van der Waals surface area contributed by atoms with Crippen LogP contribution in [0.5, 0.6) is 0 Å². The Labute approximate surface area is 129 Å². The third kappa shape index (κ3) is 3.30. The van der Waals surface area contributed by atoms with Crippen LogP contribution in [0.4, 0.5) is 0 Å². The summed E-state index contributed by atoms with van der Waals surface area (Å²) in [5.41, 5.74) is 1.78. The van der Waals surface area contributed by atoms with Gasteiger partial charge in [0.1, 0.15) is 0 Å². The van der Waals surface area contributed by atoms with Crippen molar-refractivity contribution < 1.29 is 5.11 Å². The Bertz CT molecular complexity index is 745. The minimum atomic E-state index is -0.552. The molecule has 0 radical (unpaired) electrons. The van der Waals surface area contributed by atoms with Gasteiger partial charge in [0.15, 0.2) is 0 Å². The van der Waals surface area contributed by atoms with Gasteiger partial charge in [-0.05, 0) is 29.3 Å². The molecule has 0 amide bonds. The highest BCUT2D eigenvalue weighted by molar-refractivity contribution is 5.83. The molecule has 0 fully saturated rings. The SMILES string of the molecule is CC(NCC(O)c1ccc2ccccc2c1)c1cnccn1. The summed E-state index contributed by atoms with van der Waals surface area (Å²) in [4.78, 5) is 8.32. The van der Waals surface area contributed by atoms with Gasteiger partial charge in [0.2, 0.25) is 0 Å². The minimum Gasteiger partial charge on any atom is -0.387 e. The lowest BCUT2D eigenvalue weighted by Gasteiger charge is -2.17. The van der Waals surface area contributed by atoms with Crippen LogP contribution in [0.2, 0.25) is 0 Å². The van der Waals surface area contributed by atoms with Gasteiger partial charge in [-0.1, -0.05) is 36.4 Å². The number of rotatable bonds is 5. The molecule has 0 saturated heterocycles. The van der Waals surface area contributed by atoms with E-state index < -0.39 is 6.10 Å². The topological polar surface area (TPSA) is 58.0 Å². The van der Waals surface area contributed by atoms with Gasteiger partial charge in [0.05, 0.1) is 11.8 Å². The van der Waals surface area contributed by atoms with E-state index in [1.807, 2.05) is 37.3 Å². The molecular formula is C18H19N3O. The van der Waals surface area contributed by atoms with Gasteiger partial charge >= 0.3 is 0 Å². The zero-order valence-corrected chi connectivity index (χ0v) is 12.5. The van der Waals surface area contributed by atoms with Gasteiger partial charge in [-0.15, -0.1) is 0 Å². The number of fused-ring (bicyclic) bond motifs is 1. The first-order valence-electron chi connectivity index (χ1n) is 7.40. The number of nitrogens with zero attached hydrogens (tertiary/aromatic N) is 2. The molecule has 0 saturated carbocycles. The summed E-state index contributed by atoms with van der Waals surface area (Å²) in [6.45, 7) is 2.48. The molecule has 4 heteroatoms. The van der Waals surface area contributed by atoms with E-state index in [1.165, 1.54) is 5.39 Å². The van der Waals surface area contributed by atoms with E-state index in [0.717, 1.165) is 16.6 Å². The van der Waals surface area contributed by atoms with Crippen LogP contribution in [0.1, 0.15) is 30.3 Å². The van der Waals surface area contributed by atoms with Gasteiger partial charge in [-0.25, -0.2) is 0 Å². The maximum atomic E-state index is 10.4. The molecule has 0 aliphatic rings. The third-order valence-electron chi connectivity index (χ3n) is 3.80. The predicted octanol–water partition coefficient (Wildman–Crippen LogP) is 3.01. The molecular weight excluding hydrogens is 274 g/mol. The fourth-order valence-corrected chi connectivity index (χ4v) is 2.46. The van der Waals surface area contributed by atoms with E-state index in [1.54, 1.807) is 18.6 Å². The molecule has 1 heterocycles. The molecule has 3 rings (SSSR count). The summed E-state index contributed by atoms with van der Waals surface area (Å²) in [5.74, 6) is 0. The lowest BCUT2D eigenvalue weighted by molar-refractivity contribution is 0.170. The van der Waals surface area contributed by atoms with Crippen LogP contribution in [-0.4, -0.2) is 21.6 Å². The zero-order chi connectivity index (χ0) is 15.4. The van der Waals surface area contributed by atoms with Gasteiger partial charge in [-0.3, -0.25) is 9.97 Å². The van der Waals surface area contributed by atoms with E-state index in [4.69, 9.17) is 0 Å². The normalized spacial score (nSPS) is 13.9. The first kappa shape index (κ1) is 14.6. The summed E-state index contributed by atoms with van der Waals surface area (Å²) in [6.07, 6.45) is 4.51. The molecule has 2 unspecified atom stereocenters. The van der Waals surface area contributed by atoms with Crippen LogP contribution in [0, 0.1) is 0 Å². The molecule has 1 aromatic heterocycles. The van der Waals surface area contributed by atoms with Crippen molar-refractivity contribution in [3.63, 3.8) is 0 Å². The maximum absolute atomic E-state index is 10.4. The van der Waals surface area contributed by atoms with Crippen LogP contribution in [0.3, 0.4) is 0 Å². The van der Waals surface area contributed by atoms with E-state index in [-0.39, 0.29) is 6.04 Å². The number of aliphatic hydroxyl groups is 1. The summed E-state index contributed by atoms with van der Waals surface area (Å²) in [5, 5.41) is 16.0. The average Bonchev–Trinajstić information content (AvgIpc) is 2.59. The second-order valence-corrected chi connectivity index (χ2v) is 5.38. The number of aliphatic hydroxyl groups excluding tert-OH is 1. The van der Waals surface area contributed by atoms with E-state index in [2.05, 4.69) is 27.4 Å². The highest BCUT2D eigenvalue weighted by Gasteiger charge is 2.11. The Morgan fingerprint density at radius 1 is 1.09 bits per heavy atom. The van der Waals surface area contributed by atoms with Crippen LogP contribution in [0.25, 0.3) is 10.8 Å². The van der Waals surface area contributed by atoms with Crippen molar-refractivity contribution in [1.82, 2.24) is 15.3 Å². The average molecular weight is 293 g/mol. The third-order valence-corrected chi connectivity index (χ3v) is 3.80. The molecule has 3 aromatic rings. The molecule has 2 aromatic carbocycles. The van der Waals surface area contributed by atoms with Crippen molar-refractivity contribution >= 4 is 10.8 Å².